The quantitative estimate of drug-likeness (QED) is 0.602. The molecule has 140 valence electrons. The molecule has 0 atom stereocenters. The van der Waals surface area contributed by atoms with Gasteiger partial charge in [-0.1, -0.05) is 18.2 Å². The summed E-state index contributed by atoms with van der Waals surface area (Å²) in [7, 11) is 0. The van der Waals surface area contributed by atoms with Crippen molar-refractivity contribution in [2.24, 2.45) is 0 Å². The molecule has 1 saturated heterocycles. The Morgan fingerprint density at radius 3 is 2.56 bits per heavy atom. The number of nitrogens with zero attached hydrogens (tertiary/aromatic N) is 5. The number of ether oxygens (including phenoxy) is 1. The van der Waals surface area contributed by atoms with Crippen LogP contribution in [0.15, 0.2) is 53.3 Å². The van der Waals surface area contributed by atoms with Crippen molar-refractivity contribution in [3.05, 3.63) is 58.9 Å². The fourth-order valence-corrected chi connectivity index (χ4v) is 2.88. The van der Waals surface area contributed by atoms with E-state index in [1.54, 1.807) is 12.1 Å². The Balaban J connectivity index is 1.72. The number of rotatable bonds is 7. The van der Waals surface area contributed by atoms with Crippen LogP contribution in [-0.2, 0) is 0 Å². The summed E-state index contributed by atoms with van der Waals surface area (Å²) in [5, 5.41) is 9.16. The van der Waals surface area contributed by atoms with Gasteiger partial charge in [-0.25, -0.2) is 9.36 Å². The van der Waals surface area contributed by atoms with Gasteiger partial charge in [0.25, 0.3) is 5.56 Å². The second-order valence-electron chi connectivity index (χ2n) is 6.90. The molecule has 0 amide bonds. The van der Waals surface area contributed by atoms with Gasteiger partial charge in [-0.05, 0) is 32.0 Å². The molecule has 0 N–H and O–H groups in total. The van der Waals surface area contributed by atoms with Crippen molar-refractivity contribution in [1.82, 2.24) is 24.5 Å². The van der Waals surface area contributed by atoms with E-state index in [1.807, 2.05) is 54.9 Å². The van der Waals surface area contributed by atoms with Crippen molar-refractivity contribution in [1.29, 1.82) is 0 Å². The van der Waals surface area contributed by atoms with E-state index in [9.17, 15) is 4.79 Å². The zero-order chi connectivity index (χ0) is 18.8. The maximum absolute atomic E-state index is 12.1. The van der Waals surface area contributed by atoms with Crippen molar-refractivity contribution in [2.75, 3.05) is 26.2 Å². The zero-order valence-electron chi connectivity index (χ0n) is 15.6. The van der Waals surface area contributed by atoms with E-state index in [-0.39, 0.29) is 11.6 Å². The molecule has 1 aromatic carbocycles. The molecule has 1 aliphatic rings. The fourth-order valence-electron chi connectivity index (χ4n) is 2.88. The molecule has 0 bridgehead atoms. The average molecular weight is 365 g/mol. The average Bonchev–Trinajstić information content (AvgIpc) is 3.40. The molecule has 1 fully saturated rings. The zero-order valence-corrected chi connectivity index (χ0v) is 15.6. The lowest BCUT2D eigenvalue weighted by Gasteiger charge is -2.11. The van der Waals surface area contributed by atoms with Gasteiger partial charge in [0.05, 0.1) is 17.4 Å². The maximum Gasteiger partial charge on any atom is 0.267 e. The second-order valence-corrected chi connectivity index (χ2v) is 6.90. The molecular formula is C20H23N5O2. The SMILES string of the molecule is CC(C)n1nc(-c2cc(OCCN3CC3)nn2-c2ccccc2)ccc1=O. The van der Waals surface area contributed by atoms with Crippen molar-refractivity contribution in [3.63, 3.8) is 0 Å². The van der Waals surface area contributed by atoms with Gasteiger partial charge in [0, 0.05) is 31.8 Å². The van der Waals surface area contributed by atoms with Crippen molar-refractivity contribution in [2.45, 2.75) is 19.9 Å². The van der Waals surface area contributed by atoms with Crippen molar-refractivity contribution in [3.8, 4) is 23.0 Å². The van der Waals surface area contributed by atoms with Crippen LogP contribution in [0.25, 0.3) is 17.1 Å². The molecule has 2 aromatic heterocycles. The van der Waals surface area contributed by atoms with Crippen LogP contribution in [0.5, 0.6) is 5.88 Å². The summed E-state index contributed by atoms with van der Waals surface area (Å²) in [5.74, 6) is 0.555. The van der Waals surface area contributed by atoms with E-state index >= 15 is 0 Å². The summed E-state index contributed by atoms with van der Waals surface area (Å²) in [4.78, 5) is 14.4. The van der Waals surface area contributed by atoms with Crippen LogP contribution in [0.1, 0.15) is 19.9 Å². The van der Waals surface area contributed by atoms with Gasteiger partial charge in [-0.15, -0.1) is 5.10 Å². The first-order valence-corrected chi connectivity index (χ1v) is 9.23. The molecule has 0 radical (unpaired) electrons. The highest BCUT2D eigenvalue weighted by Gasteiger charge is 2.18. The van der Waals surface area contributed by atoms with Gasteiger partial charge in [0.1, 0.15) is 12.3 Å². The standard InChI is InChI=1S/C20H23N5O2/c1-15(2)24-20(26)9-8-17(21-24)18-14-19(27-13-12-23-10-11-23)22-25(18)16-6-4-3-5-7-16/h3-9,14-15H,10-13H2,1-2H3. The highest BCUT2D eigenvalue weighted by atomic mass is 16.5. The van der Waals surface area contributed by atoms with Crippen LogP contribution < -0.4 is 10.3 Å². The summed E-state index contributed by atoms with van der Waals surface area (Å²) in [5.41, 5.74) is 2.27. The summed E-state index contributed by atoms with van der Waals surface area (Å²) in [6.07, 6.45) is 0. The Morgan fingerprint density at radius 2 is 1.85 bits per heavy atom. The highest BCUT2D eigenvalue weighted by molar-refractivity contribution is 5.59. The van der Waals surface area contributed by atoms with E-state index in [1.165, 1.54) is 4.68 Å². The van der Waals surface area contributed by atoms with Crippen LogP contribution >= 0.6 is 0 Å². The number of benzene rings is 1. The minimum Gasteiger partial charge on any atom is -0.475 e. The molecule has 7 nitrogen and oxygen atoms in total. The van der Waals surface area contributed by atoms with Crippen LogP contribution in [0, 0.1) is 0 Å². The van der Waals surface area contributed by atoms with E-state index in [2.05, 4.69) is 15.1 Å². The first kappa shape index (κ1) is 17.5. The van der Waals surface area contributed by atoms with Gasteiger partial charge in [0.15, 0.2) is 0 Å². The molecule has 0 aliphatic carbocycles. The molecule has 1 aliphatic heterocycles. The lowest BCUT2D eigenvalue weighted by Crippen LogP contribution is -2.24. The minimum atomic E-state index is -0.116. The largest absolute Gasteiger partial charge is 0.475 e. The number of hydrogen-bond donors (Lipinski definition) is 0. The van der Waals surface area contributed by atoms with E-state index in [0.717, 1.165) is 31.0 Å². The lowest BCUT2D eigenvalue weighted by molar-refractivity contribution is 0.280. The normalized spacial score (nSPS) is 13.9. The molecule has 0 saturated carbocycles. The summed E-state index contributed by atoms with van der Waals surface area (Å²) in [6.45, 7) is 7.68. The van der Waals surface area contributed by atoms with E-state index < -0.39 is 0 Å². The molecule has 4 rings (SSSR count). The molecule has 0 spiro atoms. The first-order chi connectivity index (χ1) is 13.1. The second kappa shape index (κ2) is 7.36. The third-order valence-electron chi connectivity index (χ3n) is 4.46. The van der Waals surface area contributed by atoms with E-state index in [0.29, 0.717) is 18.2 Å². The van der Waals surface area contributed by atoms with Gasteiger partial charge in [-0.2, -0.15) is 5.10 Å². The Bertz CT molecular complexity index is 974. The maximum atomic E-state index is 12.1. The number of para-hydroxylation sites is 1. The van der Waals surface area contributed by atoms with E-state index in [4.69, 9.17) is 4.74 Å². The van der Waals surface area contributed by atoms with Gasteiger partial charge < -0.3 is 4.74 Å². The third-order valence-corrected chi connectivity index (χ3v) is 4.46. The summed E-state index contributed by atoms with van der Waals surface area (Å²) < 4.78 is 9.15. The van der Waals surface area contributed by atoms with Crippen molar-refractivity contribution >= 4 is 0 Å². The van der Waals surface area contributed by atoms with Crippen LogP contribution in [-0.4, -0.2) is 50.7 Å². The molecule has 3 aromatic rings. The van der Waals surface area contributed by atoms with Gasteiger partial charge in [-0.3, -0.25) is 9.69 Å². The number of aromatic nitrogens is 4. The monoisotopic (exact) mass is 365 g/mol. The lowest BCUT2D eigenvalue weighted by atomic mass is 10.2. The smallest absolute Gasteiger partial charge is 0.267 e. The molecular weight excluding hydrogens is 342 g/mol. The highest BCUT2D eigenvalue weighted by Crippen LogP contribution is 2.25. The molecule has 27 heavy (non-hydrogen) atoms. The first-order valence-electron chi connectivity index (χ1n) is 9.23. The molecule has 3 heterocycles. The Labute approximate surface area is 157 Å². The topological polar surface area (TPSA) is 65.0 Å². The van der Waals surface area contributed by atoms with Crippen molar-refractivity contribution < 1.29 is 4.74 Å². The molecule has 0 unspecified atom stereocenters. The van der Waals surface area contributed by atoms with Crippen LogP contribution in [0.3, 0.4) is 0 Å². The number of hydrogen-bond acceptors (Lipinski definition) is 5. The fraction of sp³-hybridized carbons (Fsp3) is 0.350. The van der Waals surface area contributed by atoms with Crippen LogP contribution in [0.4, 0.5) is 0 Å². The van der Waals surface area contributed by atoms with Gasteiger partial charge >= 0.3 is 0 Å². The molecule has 7 heteroatoms. The summed E-state index contributed by atoms with van der Waals surface area (Å²) in [6, 6.07) is 15.0. The predicted octanol–water partition coefficient (Wildman–Crippen LogP) is 2.37. The predicted molar refractivity (Wildman–Crippen MR) is 103 cm³/mol. The Kier molecular flexibility index (Phi) is 4.77. The summed E-state index contributed by atoms with van der Waals surface area (Å²) >= 11 is 0. The minimum absolute atomic E-state index is 0.0196. The third kappa shape index (κ3) is 3.93. The van der Waals surface area contributed by atoms with Gasteiger partial charge in [0.2, 0.25) is 5.88 Å². The Morgan fingerprint density at radius 1 is 1.07 bits per heavy atom. The Hall–Kier alpha value is -2.93. The van der Waals surface area contributed by atoms with Crippen LogP contribution in [0.2, 0.25) is 0 Å².